The molecule has 4 nitrogen and oxygen atoms in total. The summed E-state index contributed by atoms with van der Waals surface area (Å²) in [6.45, 7) is 5.57. The third-order valence-electron chi connectivity index (χ3n) is 2.69. The fourth-order valence-corrected chi connectivity index (χ4v) is 2.58. The first-order valence-corrected chi connectivity index (χ1v) is 6.22. The maximum atomic E-state index is 11.9. The minimum absolute atomic E-state index is 0.250. The van der Waals surface area contributed by atoms with Crippen LogP contribution in [-0.2, 0) is 0 Å². The molecule has 2 aromatic heterocycles. The zero-order chi connectivity index (χ0) is 13.3. The number of aryl methyl sites for hydroxylation is 2. The Morgan fingerprint density at radius 2 is 2.11 bits per heavy atom. The highest BCUT2D eigenvalue weighted by Crippen LogP contribution is 2.31. The van der Waals surface area contributed by atoms with E-state index in [0.717, 1.165) is 10.4 Å². The number of hydrogen-bond donors (Lipinski definition) is 1. The largest absolute Gasteiger partial charge is 0.456 e. The van der Waals surface area contributed by atoms with Gasteiger partial charge in [-0.25, -0.2) is 0 Å². The van der Waals surface area contributed by atoms with Crippen LogP contribution in [0.1, 0.15) is 32.3 Å². The van der Waals surface area contributed by atoms with Crippen molar-refractivity contribution < 1.29 is 9.21 Å². The summed E-state index contributed by atoms with van der Waals surface area (Å²) >= 11 is 1.40. The van der Waals surface area contributed by atoms with E-state index in [4.69, 9.17) is 9.68 Å². The second kappa shape index (κ2) is 4.67. The van der Waals surface area contributed by atoms with Crippen molar-refractivity contribution in [2.24, 2.45) is 0 Å². The first-order valence-electron chi connectivity index (χ1n) is 5.40. The second-order valence-electron chi connectivity index (χ2n) is 3.96. The number of carbonyl (C=O) groups excluding carboxylic acids is 1. The van der Waals surface area contributed by atoms with Gasteiger partial charge in [0.2, 0.25) is 0 Å². The normalized spacial score (nSPS) is 10.1. The maximum absolute atomic E-state index is 11.9. The van der Waals surface area contributed by atoms with Gasteiger partial charge in [0.15, 0.2) is 5.76 Å². The summed E-state index contributed by atoms with van der Waals surface area (Å²) in [5.74, 6) is 0.597. The van der Waals surface area contributed by atoms with Crippen LogP contribution in [0.2, 0.25) is 0 Å². The van der Waals surface area contributed by atoms with E-state index in [1.807, 2.05) is 13.8 Å². The quantitative estimate of drug-likeness (QED) is 0.900. The average Bonchev–Trinajstić information content (AvgIpc) is 2.85. The summed E-state index contributed by atoms with van der Waals surface area (Å²) in [5.41, 5.74) is 1.43. The molecule has 0 aliphatic heterocycles. The van der Waals surface area contributed by atoms with Crippen LogP contribution in [0.5, 0.6) is 0 Å². The van der Waals surface area contributed by atoms with Gasteiger partial charge in [-0.3, -0.25) is 4.79 Å². The van der Waals surface area contributed by atoms with Gasteiger partial charge in [0, 0.05) is 4.88 Å². The standard InChI is InChI=1S/C13H12N2O2S/c1-7-4-5-11(17-7)12(16)15-13-10(6-14)8(2)9(3)18-13/h4-5H,1-3H3,(H,15,16). The third-order valence-corrected chi connectivity index (χ3v) is 3.81. The summed E-state index contributed by atoms with van der Waals surface area (Å²) in [4.78, 5) is 12.9. The number of hydrogen-bond acceptors (Lipinski definition) is 4. The highest BCUT2D eigenvalue weighted by atomic mass is 32.1. The van der Waals surface area contributed by atoms with Gasteiger partial charge in [0.25, 0.3) is 5.91 Å². The predicted octanol–water partition coefficient (Wildman–Crippen LogP) is 3.39. The fraction of sp³-hybridized carbons (Fsp3) is 0.231. The number of rotatable bonds is 2. The molecular weight excluding hydrogens is 248 g/mol. The summed E-state index contributed by atoms with van der Waals surface area (Å²) < 4.78 is 5.24. The Hall–Kier alpha value is -2.06. The molecule has 0 bridgehead atoms. The molecule has 0 radical (unpaired) electrons. The van der Waals surface area contributed by atoms with Gasteiger partial charge < -0.3 is 9.73 Å². The van der Waals surface area contributed by atoms with Gasteiger partial charge in [-0.05, 0) is 38.5 Å². The summed E-state index contributed by atoms with van der Waals surface area (Å²) in [6.07, 6.45) is 0. The van der Waals surface area contributed by atoms with E-state index in [0.29, 0.717) is 16.3 Å². The number of amides is 1. The van der Waals surface area contributed by atoms with E-state index in [1.54, 1.807) is 19.1 Å². The predicted molar refractivity (Wildman–Crippen MR) is 69.9 cm³/mol. The molecule has 0 aliphatic rings. The first-order chi connectivity index (χ1) is 8.52. The van der Waals surface area contributed by atoms with Gasteiger partial charge in [-0.1, -0.05) is 0 Å². The topological polar surface area (TPSA) is 66.0 Å². The Morgan fingerprint density at radius 3 is 2.67 bits per heavy atom. The van der Waals surface area contributed by atoms with Gasteiger partial charge >= 0.3 is 0 Å². The van der Waals surface area contributed by atoms with E-state index in [2.05, 4.69) is 11.4 Å². The molecule has 1 amide bonds. The molecule has 2 rings (SSSR count). The van der Waals surface area contributed by atoms with Gasteiger partial charge in [-0.15, -0.1) is 11.3 Å². The van der Waals surface area contributed by atoms with E-state index in [1.165, 1.54) is 11.3 Å². The van der Waals surface area contributed by atoms with Crippen LogP contribution in [0.3, 0.4) is 0 Å². The van der Waals surface area contributed by atoms with Crippen molar-refractivity contribution in [3.05, 3.63) is 39.7 Å². The molecule has 0 aliphatic carbocycles. The van der Waals surface area contributed by atoms with Crippen molar-refractivity contribution in [1.82, 2.24) is 0 Å². The zero-order valence-electron chi connectivity index (χ0n) is 10.3. The van der Waals surface area contributed by atoms with Crippen LogP contribution in [0, 0.1) is 32.1 Å². The Bertz CT molecular complexity index is 646. The lowest BCUT2D eigenvalue weighted by Gasteiger charge is -2.00. The van der Waals surface area contributed by atoms with Crippen molar-refractivity contribution in [2.45, 2.75) is 20.8 Å². The lowest BCUT2D eigenvalue weighted by atomic mass is 10.2. The molecule has 92 valence electrons. The maximum Gasteiger partial charge on any atom is 0.292 e. The van der Waals surface area contributed by atoms with Crippen LogP contribution in [-0.4, -0.2) is 5.91 Å². The molecule has 5 heteroatoms. The fourth-order valence-electron chi connectivity index (χ4n) is 1.57. The number of anilines is 1. The number of carbonyl (C=O) groups is 1. The Morgan fingerprint density at radius 1 is 1.39 bits per heavy atom. The molecule has 0 fully saturated rings. The van der Waals surface area contributed by atoms with Crippen molar-refractivity contribution in [3.8, 4) is 6.07 Å². The monoisotopic (exact) mass is 260 g/mol. The Labute approximate surface area is 109 Å². The van der Waals surface area contributed by atoms with Crippen molar-refractivity contribution in [3.63, 3.8) is 0 Å². The first kappa shape index (κ1) is 12.4. The SMILES string of the molecule is Cc1ccc(C(=O)Nc2sc(C)c(C)c2C#N)o1. The molecule has 0 atom stereocenters. The van der Waals surface area contributed by atoms with Crippen molar-refractivity contribution in [1.29, 1.82) is 5.26 Å². The van der Waals surface area contributed by atoms with Crippen molar-refractivity contribution in [2.75, 3.05) is 5.32 Å². The van der Waals surface area contributed by atoms with Crippen LogP contribution in [0.25, 0.3) is 0 Å². The lowest BCUT2D eigenvalue weighted by Crippen LogP contribution is -2.10. The molecule has 2 heterocycles. The van der Waals surface area contributed by atoms with E-state index in [9.17, 15) is 4.79 Å². The number of furan rings is 1. The summed E-state index contributed by atoms with van der Waals surface area (Å²) in [5, 5.41) is 12.4. The molecule has 0 unspecified atom stereocenters. The Balaban J connectivity index is 2.28. The molecular formula is C13H12N2O2S. The van der Waals surface area contributed by atoms with Gasteiger partial charge in [0.1, 0.15) is 16.8 Å². The van der Waals surface area contributed by atoms with Crippen molar-refractivity contribution >= 4 is 22.2 Å². The summed E-state index contributed by atoms with van der Waals surface area (Å²) in [6, 6.07) is 5.45. The molecule has 0 saturated heterocycles. The molecule has 0 saturated carbocycles. The van der Waals surface area contributed by atoms with Crippen LogP contribution < -0.4 is 5.32 Å². The highest BCUT2D eigenvalue weighted by molar-refractivity contribution is 7.16. The van der Waals surface area contributed by atoms with Gasteiger partial charge in [0.05, 0.1) is 5.56 Å². The number of nitrogens with one attached hydrogen (secondary N) is 1. The molecule has 0 spiro atoms. The van der Waals surface area contributed by atoms with Crippen LogP contribution in [0.4, 0.5) is 5.00 Å². The molecule has 18 heavy (non-hydrogen) atoms. The van der Waals surface area contributed by atoms with Crippen LogP contribution in [0.15, 0.2) is 16.5 Å². The molecule has 2 aromatic rings. The number of nitriles is 1. The third kappa shape index (κ3) is 2.15. The van der Waals surface area contributed by atoms with Crippen LogP contribution >= 0.6 is 11.3 Å². The van der Waals surface area contributed by atoms with E-state index in [-0.39, 0.29) is 11.7 Å². The zero-order valence-corrected chi connectivity index (χ0v) is 11.1. The lowest BCUT2D eigenvalue weighted by molar-refractivity contribution is 0.0996. The second-order valence-corrected chi connectivity index (χ2v) is 5.19. The summed E-state index contributed by atoms with van der Waals surface area (Å²) in [7, 11) is 0. The number of thiophene rings is 1. The Kier molecular flexibility index (Phi) is 3.21. The van der Waals surface area contributed by atoms with Gasteiger partial charge in [-0.2, -0.15) is 5.26 Å². The number of nitrogens with zero attached hydrogens (tertiary/aromatic N) is 1. The molecule has 1 N–H and O–H groups in total. The average molecular weight is 260 g/mol. The molecule has 0 aromatic carbocycles. The van der Waals surface area contributed by atoms with E-state index < -0.39 is 0 Å². The van der Waals surface area contributed by atoms with E-state index >= 15 is 0 Å². The highest BCUT2D eigenvalue weighted by Gasteiger charge is 2.17. The smallest absolute Gasteiger partial charge is 0.292 e. The minimum atomic E-state index is -0.333. The minimum Gasteiger partial charge on any atom is -0.456 e.